The first-order chi connectivity index (χ1) is 7.77. The van der Waals surface area contributed by atoms with Crippen LogP contribution in [0.4, 0.5) is 5.82 Å². The van der Waals surface area contributed by atoms with Gasteiger partial charge in [0.15, 0.2) is 0 Å². The van der Waals surface area contributed by atoms with E-state index in [1.54, 1.807) is 12.1 Å². The molecule has 0 aliphatic heterocycles. The Morgan fingerprint density at radius 2 is 1.88 bits per heavy atom. The maximum Gasteiger partial charge on any atom is 0.377 e. The third-order valence-corrected chi connectivity index (χ3v) is 2.94. The molecule has 80 valence electrons. The van der Waals surface area contributed by atoms with Crippen molar-refractivity contribution in [1.29, 1.82) is 0 Å². The number of benzene rings is 1. The lowest BCUT2D eigenvalue weighted by Gasteiger charge is -2.01. The number of nitrogens with zero attached hydrogens (tertiary/aromatic N) is 2. The molecule has 0 aliphatic carbocycles. The molecule has 0 N–H and O–H groups in total. The number of hydrogen-bond acceptors (Lipinski definition) is 4. The highest BCUT2D eigenvalue weighted by Gasteiger charge is 2.14. The molecule has 0 aliphatic rings. The first kappa shape index (κ1) is 10.6. The van der Waals surface area contributed by atoms with E-state index < -0.39 is 4.92 Å². The molecule has 0 unspecified atom stereocenters. The van der Waals surface area contributed by atoms with E-state index in [2.05, 4.69) is 4.98 Å². The zero-order chi connectivity index (χ0) is 11.4. The fourth-order valence-corrected chi connectivity index (χ4v) is 2.13. The van der Waals surface area contributed by atoms with Gasteiger partial charge in [0.1, 0.15) is 11.1 Å². The van der Waals surface area contributed by atoms with Crippen LogP contribution in [0.2, 0.25) is 0 Å². The molecule has 0 atom stereocenters. The molecule has 1 aromatic carbocycles. The van der Waals surface area contributed by atoms with Crippen molar-refractivity contribution in [1.82, 2.24) is 4.98 Å². The topological polar surface area (TPSA) is 56.0 Å². The van der Waals surface area contributed by atoms with E-state index in [9.17, 15) is 10.1 Å². The Morgan fingerprint density at radius 3 is 2.56 bits per heavy atom. The predicted molar refractivity (Wildman–Crippen MR) is 61.5 cm³/mol. The van der Waals surface area contributed by atoms with Crippen LogP contribution in [-0.2, 0) is 0 Å². The Balaban J connectivity index is 2.31. The first-order valence-corrected chi connectivity index (χ1v) is 5.41. The summed E-state index contributed by atoms with van der Waals surface area (Å²) in [4.78, 5) is 15.5. The lowest BCUT2D eigenvalue weighted by molar-refractivity contribution is -0.392. The average Bonchev–Trinajstić information content (AvgIpc) is 2.31. The second-order valence-electron chi connectivity index (χ2n) is 3.00. The monoisotopic (exact) mass is 232 g/mol. The van der Waals surface area contributed by atoms with Crippen LogP contribution in [0, 0.1) is 10.1 Å². The van der Waals surface area contributed by atoms with Gasteiger partial charge in [-0.1, -0.05) is 30.0 Å². The first-order valence-electron chi connectivity index (χ1n) is 4.59. The number of rotatable bonds is 3. The van der Waals surface area contributed by atoms with E-state index >= 15 is 0 Å². The quantitative estimate of drug-likeness (QED) is 0.602. The van der Waals surface area contributed by atoms with Gasteiger partial charge in [-0.15, -0.1) is 0 Å². The lowest BCUT2D eigenvalue weighted by Crippen LogP contribution is -1.93. The van der Waals surface area contributed by atoms with Gasteiger partial charge in [0, 0.05) is 4.90 Å². The zero-order valence-electron chi connectivity index (χ0n) is 8.24. The molecule has 0 saturated carbocycles. The van der Waals surface area contributed by atoms with Crippen LogP contribution in [0.1, 0.15) is 0 Å². The van der Waals surface area contributed by atoms with E-state index in [0.29, 0.717) is 4.90 Å². The van der Waals surface area contributed by atoms with Crippen molar-refractivity contribution in [3.05, 3.63) is 58.8 Å². The molecule has 4 nitrogen and oxygen atoms in total. The van der Waals surface area contributed by atoms with Gasteiger partial charge in [-0.05, 0) is 34.2 Å². The van der Waals surface area contributed by atoms with Crippen LogP contribution in [-0.4, -0.2) is 9.91 Å². The summed E-state index contributed by atoms with van der Waals surface area (Å²) in [5, 5.41) is 10.7. The number of nitro groups is 1. The molecule has 1 aromatic heterocycles. The van der Waals surface area contributed by atoms with Gasteiger partial charge in [-0.3, -0.25) is 0 Å². The normalized spacial score (nSPS) is 10.0. The Labute approximate surface area is 96.5 Å². The predicted octanol–water partition coefficient (Wildman–Crippen LogP) is 3.14. The van der Waals surface area contributed by atoms with Crippen molar-refractivity contribution in [2.75, 3.05) is 0 Å². The van der Waals surface area contributed by atoms with Gasteiger partial charge in [-0.2, -0.15) is 0 Å². The largest absolute Gasteiger partial charge is 0.377 e. The minimum Gasteiger partial charge on any atom is -0.358 e. The molecule has 1 heterocycles. The van der Waals surface area contributed by atoms with Gasteiger partial charge in [0.2, 0.25) is 0 Å². The second kappa shape index (κ2) is 4.76. The maximum absolute atomic E-state index is 10.7. The summed E-state index contributed by atoms with van der Waals surface area (Å²) in [5.41, 5.74) is 0. The Hall–Kier alpha value is -1.88. The molecular weight excluding hydrogens is 224 g/mol. The number of aromatic nitrogens is 1. The molecule has 5 heteroatoms. The fraction of sp³-hybridized carbons (Fsp3) is 0. The van der Waals surface area contributed by atoms with Gasteiger partial charge < -0.3 is 10.1 Å². The smallest absolute Gasteiger partial charge is 0.358 e. The van der Waals surface area contributed by atoms with Gasteiger partial charge in [-0.25, -0.2) is 0 Å². The third kappa shape index (κ3) is 2.38. The van der Waals surface area contributed by atoms with Crippen molar-refractivity contribution < 1.29 is 4.92 Å². The summed E-state index contributed by atoms with van der Waals surface area (Å²) < 4.78 is 0. The van der Waals surface area contributed by atoms with Crippen molar-refractivity contribution >= 4 is 17.6 Å². The Morgan fingerprint density at radius 1 is 1.12 bits per heavy atom. The zero-order valence-corrected chi connectivity index (χ0v) is 9.05. The summed E-state index contributed by atoms with van der Waals surface area (Å²) >= 11 is 1.34. The highest BCUT2D eigenvalue weighted by atomic mass is 32.2. The molecule has 0 saturated heterocycles. The highest BCUT2D eigenvalue weighted by molar-refractivity contribution is 7.99. The van der Waals surface area contributed by atoms with Gasteiger partial charge >= 0.3 is 5.82 Å². The van der Waals surface area contributed by atoms with Crippen molar-refractivity contribution in [3.63, 3.8) is 0 Å². The summed E-state index contributed by atoms with van der Waals surface area (Å²) in [5.74, 6) is -0.101. The van der Waals surface area contributed by atoms with Crippen LogP contribution in [0.3, 0.4) is 0 Å². The van der Waals surface area contributed by atoms with Gasteiger partial charge in [0.05, 0.1) is 0 Å². The molecule has 16 heavy (non-hydrogen) atoms. The lowest BCUT2D eigenvalue weighted by atomic mass is 10.4. The molecular formula is C11H8N2O2S. The molecule has 2 rings (SSSR count). The van der Waals surface area contributed by atoms with E-state index in [1.807, 2.05) is 30.3 Å². The summed E-state index contributed by atoms with van der Waals surface area (Å²) in [6.45, 7) is 0. The molecule has 0 fully saturated rings. The van der Waals surface area contributed by atoms with Crippen molar-refractivity contribution in [2.24, 2.45) is 0 Å². The number of hydrogen-bond donors (Lipinski definition) is 0. The van der Waals surface area contributed by atoms with E-state index in [4.69, 9.17) is 0 Å². The SMILES string of the molecule is O=[N+]([O-])c1ncccc1Sc1ccccc1. The Kier molecular flexibility index (Phi) is 3.16. The summed E-state index contributed by atoms with van der Waals surface area (Å²) in [6, 6.07) is 12.9. The minimum atomic E-state index is -0.467. The molecule has 0 amide bonds. The van der Waals surface area contributed by atoms with Crippen molar-refractivity contribution in [2.45, 2.75) is 9.79 Å². The maximum atomic E-state index is 10.7. The average molecular weight is 232 g/mol. The van der Waals surface area contributed by atoms with Crippen LogP contribution in [0.25, 0.3) is 0 Å². The summed E-state index contributed by atoms with van der Waals surface area (Å²) in [7, 11) is 0. The highest BCUT2D eigenvalue weighted by Crippen LogP contribution is 2.32. The van der Waals surface area contributed by atoms with Crippen LogP contribution in [0.15, 0.2) is 58.5 Å². The standard InChI is InChI=1S/C11H8N2O2S/c14-13(15)11-10(7-4-8-12-11)16-9-5-2-1-3-6-9/h1-8H. The van der Waals surface area contributed by atoms with Gasteiger partial charge in [0.25, 0.3) is 0 Å². The Bertz CT molecular complexity index is 502. The second-order valence-corrected chi connectivity index (χ2v) is 4.11. The molecule has 2 aromatic rings. The fourth-order valence-electron chi connectivity index (χ4n) is 1.21. The molecule has 0 radical (unpaired) electrons. The van der Waals surface area contributed by atoms with Crippen LogP contribution >= 0.6 is 11.8 Å². The minimum absolute atomic E-state index is 0.101. The van der Waals surface area contributed by atoms with E-state index in [0.717, 1.165) is 4.90 Å². The third-order valence-electron chi connectivity index (χ3n) is 1.89. The van der Waals surface area contributed by atoms with Crippen LogP contribution < -0.4 is 0 Å². The van der Waals surface area contributed by atoms with E-state index in [1.165, 1.54) is 18.0 Å². The van der Waals surface area contributed by atoms with E-state index in [-0.39, 0.29) is 5.82 Å². The number of pyridine rings is 1. The molecule has 0 spiro atoms. The molecule has 0 bridgehead atoms. The van der Waals surface area contributed by atoms with Crippen LogP contribution in [0.5, 0.6) is 0 Å². The van der Waals surface area contributed by atoms with Crippen molar-refractivity contribution in [3.8, 4) is 0 Å². The summed E-state index contributed by atoms with van der Waals surface area (Å²) in [6.07, 6.45) is 1.42.